The Hall–Kier alpha value is -3.36. The quantitative estimate of drug-likeness (QED) is 0.670. The first-order valence-electron chi connectivity index (χ1n) is 11.9. The number of piperazine rings is 1. The summed E-state index contributed by atoms with van der Waals surface area (Å²) in [6.45, 7) is 7.66. The van der Waals surface area contributed by atoms with E-state index in [1.165, 1.54) is 0 Å². The van der Waals surface area contributed by atoms with Crippen LogP contribution in [0.4, 0.5) is 0 Å². The topological polar surface area (TPSA) is 96.2 Å². The van der Waals surface area contributed by atoms with Gasteiger partial charge in [-0.25, -0.2) is 0 Å². The second kappa shape index (κ2) is 10.3. The number of hydrogen-bond donors (Lipinski definition) is 0. The first kappa shape index (κ1) is 23.8. The van der Waals surface area contributed by atoms with Crippen molar-refractivity contribution in [3.8, 4) is 5.75 Å². The largest absolute Gasteiger partial charge is 0.484 e. The Morgan fingerprint density at radius 1 is 0.971 bits per heavy atom. The van der Waals surface area contributed by atoms with Crippen molar-refractivity contribution >= 4 is 17.7 Å². The van der Waals surface area contributed by atoms with E-state index in [0.717, 1.165) is 19.3 Å². The number of likely N-dealkylation sites (tertiary alicyclic amines) is 1. The number of aryl methyl sites for hydroxylation is 1. The van der Waals surface area contributed by atoms with Crippen LogP contribution in [0.15, 0.2) is 34.9 Å². The number of ether oxygens (including phenoxy) is 1. The van der Waals surface area contributed by atoms with Crippen molar-refractivity contribution in [2.75, 3.05) is 32.8 Å². The lowest BCUT2D eigenvalue weighted by molar-refractivity contribution is -0.139. The zero-order valence-corrected chi connectivity index (χ0v) is 20.0. The van der Waals surface area contributed by atoms with E-state index in [1.807, 2.05) is 4.90 Å². The molecule has 1 aromatic heterocycles. The molecule has 0 radical (unpaired) electrons. The lowest BCUT2D eigenvalue weighted by Gasteiger charge is -2.39. The van der Waals surface area contributed by atoms with Crippen LogP contribution in [0.3, 0.4) is 0 Å². The highest BCUT2D eigenvalue weighted by Gasteiger charge is 2.29. The Morgan fingerprint density at radius 2 is 1.56 bits per heavy atom. The molecule has 2 aliphatic heterocycles. The number of piperidine rings is 1. The summed E-state index contributed by atoms with van der Waals surface area (Å²) in [5.74, 6) is 0.460. The van der Waals surface area contributed by atoms with E-state index in [2.05, 4.69) is 19.0 Å². The van der Waals surface area contributed by atoms with Crippen LogP contribution < -0.4 is 4.74 Å². The average molecular weight is 469 g/mol. The summed E-state index contributed by atoms with van der Waals surface area (Å²) in [4.78, 5) is 43.4. The van der Waals surface area contributed by atoms with Gasteiger partial charge in [-0.1, -0.05) is 5.16 Å². The van der Waals surface area contributed by atoms with E-state index in [4.69, 9.17) is 9.26 Å². The van der Waals surface area contributed by atoms with Gasteiger partial charge in [-0.15, -0.1) is 0 Å². The minimum absolute atomic E-state index is 0.00670. The smallest absolute Gasteiger partial charge is 0.292 e. The molecule has 0 saturated carbocycles. The van der Waals surface area contributed by atoms with Crippen LogP contribution in [0, 0.1) is 6.92 Å². The number of nitrogens with zero attached hydrogens (tertiary/aromatic N) is 4. The van der Waals surface area contributed by atoms with Crippen molar-refractivity contribution in [1.29, 1.82) is 0 Å². The maximum atomic E-state index is 12.9. The molecule has 4 rings (SSSR count). The Kier molecular flexibility index (Phi) is 7.19. The molecule has 2 aromatic rings. The van der Waals surface area contributed by atoms with E-state index >= 15 is 0 Å². The van der Waals surface area contributed by atoms with Crippen molar-refractivity contribution in [3.63, 3.8) is 0 Å². The molecule has 0 spiro atoms. The van der Waals surface area contributed by atoms with Crippen molar-refractivity contribution in [2.45, 2.75) is 52.1 Å². The van der Waals surface area contributed by atoms with Gasteiger partial charge >= 0.3 is 0 Å². The fraction of sp³-hybridized carbons (Fsp3) is 0.520. The Morgan fingerprint density at radius 3 is 2.12 bits per heavy atom. The molecule has 9 nitrogen and oxygen atoms in total. The number of carbonyl (C=O) groups is 3. The van der Waals surface area contributed by atoms with E-state index in [0.29, 0.717) is 43.2 Å². The second-order valence-corrected chi connectivity index (χ2v) is 9.16. The molecule has 0 bridgehead atoms. The maximum Gasteiger partial charge on any atom is 0.292 e. The van der Waals surface area contributed by atoms with E-state index in [1.54, 1.807) is 47.1 Å². The molecule has 34 heavy (non-hydrogen) atoms. The SMILES string of the molecule is Cc1cc(C(=O)N2CCN(C(=O)c3ccc(OCC(=O)N4C(C)CCCC4C)cc3)CC2)on1. The first-order valence-corrected chi connectivity index (χ1v) is 11.9. The summed E-state index contributed by atoms with van der Waals surface area (Å²) in [5.41, 5.74) is 1.20. The summed E-state index contributed by atoms with van der Waals surface area (Å²) in [5, 5.41) is 3.76. The highest BCUT2D eigenvalue weighted by atomic mass is 16.5. The zero-order valence-electron chi connectivity index (χ0n) is 20.0. The molecule has 2 unspecified atom stereocenters. The molecule has 1 aromatic carbocycles. The van der Waals surface area contributed by atoms with Gasteiger partial charge in [0.2, 0.25) is 5.76 Å². The van der Waals surface area contributed by atoms with Gasteiger partial charge in [-0.2, -0.15) is 0 Å². The molecule has 2 fully saturated rings. The van der Waals surface area contributed by atoms with Gasteiger partial charge < -0.3 is 24.0 Å². The monoisotopic (exact) mass is 468 g/mol. The van der Waals surface area contributed by atoms with Gasteiger partial charge in [0.05, 0.1) is 5.69 Å². The van der Waals surface area contributed by atoms with Gasteiger partial charge in [0, 0.05) is 49.9 Å². The second-order valence-electron chi connectivity index (χ2n) is 9.16. The van der Waals surface area contributed by atoms with Gasteiger partial charge in [0.15, 0.2) is 6.61 Å². The number of amides is 3. The zero-order chi connectivity index (χ0) is 24.2. The third-order valence-electron chi connectivity index (χ3n) is 6.64. The molecule has 0 N–H and O–H groups in total. The predicted molar refractivity (Wildman–Crippen MR) is 125 cm³/mol. The van der Waals surface area contributed by atoms with Gasteiger partial charge in [0.1, 0.15) is 5.75 Å². The third-order valence-corrected chi connectivity index (χ3v) is 6.64. The Balaban J connectivity index is 1.27. The number of carbonyl (C=O) groups excluding carboxylic acids is 3. The lowest BCUT2D eigenvalue weighted by atomic mass is 9.97. The molecule has 2 saturated heterocycles. The van der Waals surface area contributed by atoms with Crippen LogP contribution in [0.5, 0.6) is 5.75 Å². The molecule has 3 amide bonds. The number of benzene rings is 1. The summed E-state index contributed by atoms with van der Waals surface area (Å²) in [7, 11) is 0. The fourth-order valence-electron chi connectivity index (χ4n) is 4.74. The number of hydrogen-bond acceptors (Lipinski definition) is 6. The van der Waals surface area contributed by atoms with Gasteiger partial charge in [0.25, 0.3) is 17.7 Å². The standard InChI is InChI=1S/C25H32N4O5/c1-17-15-22(34-26-17)25(32)28-13-11-27(12-14-28)24(31)20-7-9-21(10-8-20)33-16-23(30)29-18(2)5-4-6-19(29)3/h7-10,15,18-19H,4-6,11-14,16H2,1-3H3. The van der Waals surface area contributed by atoms with Crippen LogP contribution >= 0.6 is 0 Å². The van der Waals surface area contributed by atoms with E-state index < -0.39 is 0 Å². The summed E-state index contributed by atoms with van der Waals surface area (Å²) in [6, 6.07) is 8.94. The lowest BCUT2D eigenvalue weighted by Crippen LogP contribution is -2.50. The van der Waals surface area contributed by atoms with Crippen LogP contribution in [0.2, 0.25) is 0 Å². The molecule has 3 heterocycles. The minimum Gasteiger partial charge on any atom is -0.484 e. The van der Waals surface area contributed by atoms with E-state index in [9.17, 15) is 14.4 Å². The normalized spacial score (nSPS) is 20.9. The summed E-state index contributed by atoms with van der Waals surface area (Å²) in [6.07, 6.45) is 3.19. The molecule has 9 heteroatoms. The van der Waals surface area contributed by atoms with Crippen molar-refractivity contribution < 1.29 is 23.6 Å². The highest BCUT2D eigenvalue weighted by molar-refractivity contribution is 5.95. The third kappa shape index (κ3) is 5.24. The number of aromatic nitrogens is 1. The predicted octanol–water partition coefficient (Wildman–Crippen LogP) is 2.75. The van der Waals surface area contributed by atoms with Gasteiger partial charge in [-0.3, -0.25) is 14.4 Å². The fourth-order valence-corrected chi connectivity index (χ4v) is 4.74. The Bertz CT molecular complexity index is 1020. The molecule has 2 atom stereocenters. The van der Waals surface area contributed by atoms with Crippen molar-refractivity contribution in [1.82, 2.24) is 19.9 Å². The van der Waals surface area contributed by atoms with Crippen LogP contribution in [0.25, 0.3) is 0 Å². The minimum atomic E-state index is -0.211. The van der Waals surface area contributed by atoms with Crippen LogP contribution in [0.1, 0.15) is 59.7 Å². The highest BCUT2D eigenvalue weighted by Crippen LogP contribution is 2.23. The molecule has 182 valence electrons. The summed E-state index contributed by atoms with van der Waals surface area (Å²) < 4.78 is 10.8. The van der Waals surface area contributed by atoms with Crippen LogP contribution in [-0.4, -0.2) is 82.4 Å². The molecule has 0 aliphatic carbocycles. The van der Waals surface area contributed by atoms with Crippen LogP contribution in [-0.2, 0) is 4.79 Å². The van der Waals surface area contributed by atoms with E-state index in [-0.39, 0.29) is 42.2 Å². The maximum absolute atomic E-state index is 12.9. The Labute approximate surface area is 199 Å². The van der Waals surface area contributed by atoms with Gasteiger partial charge in [-0.05, 0) is 64.3 Å². The van der Waals surface area contributed by atoms with Crippen molar-refractivity contribution in [3.05, 3.63) is 47.3 Å². The average Bonchev–Trinajstić information content (AvgIpc) is 3.28. The molecular formula is C25H32N4O5. The summed E-state index contributed by atoms with van der Waals surface area (Å²) >= 11 is 0. The molecule has 2 aliphatic rings. The van der Waals surface area contributed by atoms with Crippen molar-refractivity contribution in [2.24, 2.45) is 0 Å². The first-order chi connectivity index (χ1) is 16.3. The molecular weight excluding hydrogens is 436 g/mol. The number of rotatable bonds is 5.